The van der Waals surface area contributed by atoms with E-state index < -0.39 is 11.9 Å². The van der Waals surface area contributed by atoms with Crippen LogP contribution in [0, 0.1) is 6.92 Å². The van der Waals surface area contributed by atoms with Gasteiger partial charge in [-0.1, -0.05) is 17.4 Å². The van der Waals surface area contributed by atoms with E-state index in [0.717, 1.165) is 15.8 Å². The van der Waals surface area contributed by atoms with Gasteiger partial charge >= 0.3 is 5.97 Å². The Morgan fingerprint density at radius 2 is 2.12 bits per heavy atom. The number of nitrogens with zero attached hydrogens (tertiary/aromatic N) is 4. The second kappa shape index (κ2) is 7.02. The molecular formula is C17H18N4O3S. The van der Waals surface area contributed by atoms with E-state index >= 15 is 0 Å². The predicted octanol–water partition coefficient (Wildman–Crippen LogP) is 2.14. The maximum Gasteiger partial charge on any atom is 0.325 e. The van der Waals surface area contributed by atoms with Gasteiger partial charge < -0.3 is 9.30 Å². The number of carbonyl (C=O) groups excluding carboxylic acids is 2. The third-order valence-corrected chi connectivity index (χ3v) is 4.78. The molecule has 0 atom stereocenters. The molecule has 0 unspecified atom stereocenters. The minimum absolute atomic E-state index is 0.00489. The molecule has 25 heavy (non-hydrogen) atoms. The van der Waals surface area contributed by atoms with E-state index in [4.69, 9.17) is 4.74 Å². The maximum absolute atomic E-state index is 12.4. The average molecular weight is 358 g/mol. The highest BCUT2D eigenvalue weighted by Gasteiger charge is 2.13. The van der Waals surface area contributed by atoms with Gasteiger partial charge in [0.25, 0.3) is 5.91 Å². The van der Waals surface area contributed by atoms with Gasteiger partial charge in [-0.15, -0.1) is 0 Å². The zero-order chi connectivity index (χ0) is 18.0. The number of thiazole rings is 1. The Bertz CT molecular complexity index is 1010. The molecular weight excluding hydrogens is 340 g/mol. The Kier molecular flexibility index (Phi) is 4.80. The zero-order valence-electron chi connectivity index (χ0n) is 14.2. The minimum atomic E-state index is -0.436. The van der Waals surface area contributed by atoms with Crippen molar-refractivity contribution in [2.75, 3.05) is 7.11 Å². The molecule has 0 fully saturated rings. The van der Waals surface area contributed by atoms with E-state index in [1.807, 2.05) is 32.0 Å². The zero-order valence-corrected chi connectivity index (χ0v) is 15.0. The summed E-state index contributed by atoms with van der Waals surface area (Å²) in [4.78, 5) is 28.8. The molecule has 0 N–H and O–H groups in total. The normalized spacial score (nSPS) is 11.9. The van der Waals surface area contributed by atoms with Crippen molar-refractivity contribution in [3.8, 4) is 0 Å². The number of aryl methyl sites for hydroxylation is 2. The summed E-state index contributed by atoms with van der Waals surface area (Å²) in [6, 6.07) is 7.51. The molecule has 0 aliphatic rings. The first-order valence-electron chi connectivity index (χ1n) is 7.81. The standard InChI is InChI=1S/C17H18N4O3S/c1-4-20-8-7-12(19-20)16(23)18-17-21(10-15(22)24-3)13-6-5-11(2)9-14(13)25-17/h5-9H,4,10H2,1-3H3. The molecule has 0 saturated heterocycles. The lowest BCUT2D eigenvalue weighted by Gasteiger charge is -2.03. The van der Waals surface area contributed by atoms with Crippen LogP contribution in [0.3, 0.4) is 0 Å². The quantitative estimate of drug-likeness (QED) is 0.670. The van der Waals surface area contributed by atoms with Crippen LogP contribution >= 0.6 is 11.3 Å². The van der Waals surface area contributed by atoms with Crippen molar-refractivity contribution in [3.63, 3.8) is 0 Å². The summed E-state index contributed by atoms with van der Waals surface area (Å²) in [5, 5.41) is 4.18. The highest BCUT2D eigenvalue weighted by atomic mass is 32.1. The van der Waals surface area contributed by atoms with Crippen LogP contribution in [0.4, 0.5) is 0 Å². The molecule has 3 aromatic rings. The fraction of sp³-hybridized carbons (Fsp3) is 0.294. The Labute approximate surface area is 148 Å². The van der Waals surface area contributed by atoms with Crippen LogP contribution in [-0.2, 0) is 22.6 Å². The number of carbonyl (C=O) groups is 2. The van der Waals surface area contributed by atoms with Crippen molar-refractivity contribution < 1.29 is 14.3 Å². The number of esters is 1. The molecule has 3 rings (SSSR count). The SMILES string of the molecule is CCn1ccc(C(=O)N=c2sc3cc(C)ccc3n2CC(=O)OC)n1. The van der Waals surface area contributed by atoms with Gasteiger partial charge in [-0.05, 0) is 37.6 Å². The van der Waals surface area contributed by atoms with Crippen molar-refractivity contribution in [1.29, 1.82) is 0 Å². The van der Waals surface area contributed by atoms with Gasteiger partial charge in [-0.25, -0.2) is 0 Å². The Morgan fingerprint density at radius 3 is 2.80 bits per heavy atom. The molecule has 1 aromatic carbocycles. The summed E-state index contributed by atoms with van der Waals surface area (Å²) in [6.07, 6.45) is 1.74. The number of ether oxygens (including phenoxy) is 1. The van der Waals surface area contributed by atoms with Crippen LogP contribution in [0.2, 0.25) is 0 Å². The molecule has 0 bridgehead atoms. The number of fused-ring (bicyclic) bond motifs is 1. The summed E-state index contributed by atoms with van der Waals surface area (Å²) in [7, 11) is 1.33. The number of hydrogen-bond acceptors (Lipinski definition) is 5. The van der Waals surface area contributed by atoms with Gasteiger partial charge in [0.2, 0.25) is 0 Å². The number of amides is 1. The third-order valence-electron chi connectivity index (χ3n) is 3.73. The molecule has 0 spiro atoms. The molecule has 2 heterocycles. The molecule has 1 amide bonds. The predicted molar refractivity (Wildman–Crippen MR) is 94.4 cm³/mol. The molecule has 0 aliphatic heterocycles. The van der Waals surface area contributed by atoms with E-state index in [-0.39, 0.29) is 12.2 Å². The summed E-state index contributed by atoms with van der Waals surface area (Å²) < 4.78 is 9.08. The minimum Gasteiger partial charge on any atom is -0.468 e. The smallest absolute Gasteiger partial charge is 0.325 e. The highest BCUT2D eigenvalue weighted by molar-refractivity contribution is 7.16. The lowest BCUT2D eigenvalue weighted by molar-refractivity contribution is -0.141. The molecule has 0 aliphatic carbocycles. The first-order valence-corrected chi connectivity index (χ1v) is 8.62. The highest BCUT2D eigenvalue weighted by Crippen LogP contribution is 2.19. The molecule has 2 aromatic heterocycles. The number of rotatable bonds is 4. The summed E-state index contributed by atoms with van der Waals surface area (Å²) in [5.74, 6) is -0.835. The van der Waals surface area contributed by atoms with E-state index in [9.17, 15) is 9.59 Å². The van der Waals surface area contributed by atoms with Crippen molar-refractivity contribution in [3.05, 3.63) is 46.5 Å². The van der Waals surface area contributed by atoms with E-state index in [2.05, 4.69) is 10.1 Å². The lowest BCUT2D eigenvalue weighted by Crippen LogP contribution is -2.22. The second-order valence-electron chi connectivity index (χ2n) is 5.49. The molecule has 130 valence electrons. The fourth-order valence-corrected chi connectivity index (χ4v) is 3.53. The summed E-state index contributed by atoms with van der Waals surface area (Å²) in [6.45, 7) is 4.60. The first-order chi connectivity index (χ1) is 12.0. The maximum atomic E-state index is 12.4. The van der Waals surface area contributed by atoms with Crippen molar-refractivity contribution in [2.24, 2.45) is 4.99 Å². The van der Waals surface area contributed by atoms with Crippen LogP contribution in [-0.4, -0.2) is 33.3 Å². The van der Waals surface area contributed by atoms with Gasteiger partial charge in [0.1, 0.15) is 6.54 Å². The van der Waals surface area contributed by atoms with Crippen LogP contribution in [0.1, 0.15) is 23.0 Å². The Hall–Kier alpha value is -2.74. The average Bonchev–Trinajstić information content (AvgIpc) is 3.20. The van der Waals surface area contributed by atoms with Gasteiger partial charge in [-0.3, -0.25) is 14.3 Å². The fourth-order valence-electron chi connectivity index (χ4n) is 2.41. The monoisotopic (exact) mass is 358 g/mol. The molecule has 8 heteroatoms. The molecule has 0 radical (unpaired) electrons. The van der Waals surface area contributed by atoms with Gasteiger partial charge in [0, 0.05) is 12.7 Å². The van der Waals surface area contributed by atoms with Crippen LogP contribution in [0.5, 0.6) is 0 Å². The topological polar surface area (TPSA) is 78.5 Å². The van der Waals surface area contributed by atoms with Crippen LogP contribution in [0.15, 0.2) is 35.5 Å². The third kappa shape index (κ3) is 3.53. The van der Waals surface area contributed by atoms with Crippen LogP contribution in [0.25, 0.3) is 10.2 Å². The number of hydrogen-bond donors (Lipinski definition) is 0. The van der Waals surface area contributed by atoms with Crippen molar-refractivity contribution in [2.45, 2.75) is 26.9 Å². The van der Waals surface area contributed by atoms with Gasteiger partial charge in [0.15, 0.2) is 10.5 Å². The van der Waals surface area contributed by atoms with Crippen molar-refractivity contribution >= 4 is 33.4 Å². The van der Waals surface area contributed by atoms with Crippen LogP contribution < -0.4 is 4.80 Å². The lowest BCUT2D eigenvalue weighted by atomic mass is 10.2. The summed E-state index contributed by atoms with van der Waals surface area (Å²) >= 11 is 1.36. The second-order valence-corrected chi connectivity index (χ2v) is 6.50. The Balaban J connectivity index is 2.11. The van der Waals surface area contributed by atoms with E-state index in [1.165, 1.54) is 18.4 Å². The number of aromatic nitrogens is 3. The molecule has 7 nitrogen and oxygen atoms in total. The van der Waals surface area contributed by atoms with Crippen molar-refractivity contribution in [1.82, 2.24) is 14.3 Å². The van der Waals surface area contributed by atoms with E-state index in [1.54, 1.807) is 21.5 Å². The Morgan fingerprint density at radius 1 is 1.32 bits per heavy atom. The first kappa shape index (κ1) is 17.1. The number of benzene rings is 1. The number of methoxy groups -OCH3 is 1. The van der Waals surface area contributed by atoms with Gasteiger partial charge in [0.05, 0.1) is 17.3 Å². The van der Waals surface area contributed by atoms with Gasteiger partial charge in [-0.2, -0.15) is 10.1 Å². The molecule has 0 saturated carbocycles. The van der Waals surface area contributed by atoms with E-state index in [0.29, 0.717) is 11.3 Å². The largest absolute Gasteiger partial charge is 0.468 e. The summed E-state index contributed by atoms with van der Waals surface area (Å²) in [5.41, 5.74) is 2.21.